The molecule has 3 rings (SSSR count). The molecule has 126 valence electrons. The molecule has 0 amide bonds. The summed E-state index contributed by atoms with van der Waals surface area (Å²) in [5.41, 5.74) is 1.73. The molecule has 3 aromatic rings. The first-order chi connectivity index (χ1) is 11.3. The van der Waals surface area contributed by atoms with Crippen molar-refractivity contribution in [3.8, 4) is 11.3 Å². The molecule has 0 aliphatic carbocycles. The van der Waals surface area contributed by atoms with E-state index in [0.29, 0.717) is 12.2 Å². The molecule has 2 aromatic heterocycles. The van der Waals surface area contributed by atoms with Crippen LogP contribution in [0.2, 0.25) is 0 Å². The van der Waals surface area contributed by atoms with E-state index < -0.39 is 11.7 Å². The molecule has 1 N–H and O–H groups in total. The standard InChI is InChI=1S/C16H15F3N4S/c1-10-3-4-12(5-13(10)16(17,18)19)20-7-15-22-14(9-24-15)11-6-21-23(2)8-11/h3-6,8-9,20H,7H2,1-2H3. The van der Waals surface area contributed by atoms with E-state index in [0.717, 1.165) is 22.3 Å². The van der Waals surface area contributed by atoms with Crippen LogP contribution in [0.5, 0.6) is 0 Å². The van der Waals surface area contributed by atoms with Gasteiger partial charge in [0, 0.05) is 29.9 Å². The van der Waals surface area contributed by atoms with Gasteiger partial charge in [-0.25, -0.2) is 4.98 Å². The first-order valence-corrected chi connectivity index (χ1v) is 8.06. The fraction of sp³-hybridized carbons (Fsp3) is 0.250. The number of anilines is 1. The van der Waals surface area contributed by atoms with Crippen LogP contribution in [0.4, 0.5) is 18.9 Å². The molecule has 0 radical (unpaired) electrons. The Morgan fingerprint density at radius 2 is 2.08 bits per heavy atom. The summed E-state index contributed by atoms with van der Waals surface area (Å²) in [4.78, 5) is 4.48. The Balaban J connectivity index is 1.71. The summed E-state index contributed by atoms with van der Waals surface area (Å²) in [6, 6.07) is 4.24. The average Bonchev–Trinajstić information content (AvgIpc) is 3.14. The Kier molecular flexibility index (Phi) is 4.31. The van der Waals surface area contributed by atoms with Gasteiger partial charge in [-0.15, -0.1) is 11.3 Å². The first-order valence-electron chi connectivity index (χ1n) is 7.18. The highest BCUT2D eigenvalue weighted by atomic mass is 32.1. The molecule has 0 aliphatic rings. The van der Waals surface area contributed by atoms with Gasteiger partial charge in [0.1, 0.15) is 5.01 Å². The van der Waals surface area contributed by atoms with Crippen molar-refractivity contribution >= 4 is 17.0 Å². The Labute approximate surface area is 141 Å². The maximum atomic E-state index is 12.9. The molecule has 0 aliphatic heterocycles. The minimum Gasteiger partial charge on any atom is -0.379 e. The zero-order valence-corrected chi connectivity index (χ0v) is 13.9. The van der Waals surface area contributed by atoms with Crippen molar-refractivity contribution in [3.05, 3.63) is 52.1 Å². The highest BCUT2D eigenvalue weighted by Crippen LogP contribution is 2.33. The van der Waals surface area contributed by atoms with Crippen molar-refractivity contribution in [2.24, 2.45) is 7.05 Å². The lowest BCUT2D eigenvalue weighted by atomic mass is 10.1. The van der Waals surface area contributed by atoms with Crippen LogP contribution in [0.25, 0.3) is 11.3 Å². The van der Waals surface area contributed by atoms with Crippen LogP contribution in [0.3, 0.4) is 0 Å². The van der Waals surface area contributed by atoms with E-state index in [2.05, 4.69) is 15.4 Å². The summed E-state index contributed by atoms with van der Waals surface area (Å²) in [7, 11) is 1.83. The van der Waals surface area contributed by atoms with Crippen molar-refractivity contribution < 1.29 is 13.2 Å². The summed E-state index contributed by atoms with van der Waals surface area (Å²) < 4.78 is 40.5. The number of nitrogens with one attached hydrogen (secondary N) is 1. The van der Waals surface area contributed by atoms with Crippen molar-refractivity contribution in [2.45, 2.75) is 19.6 Å². The molecule has 0 atom stereocenters. The quantitative estimate of drug-likeness (QED) is 0.753. The molecule has 2 heterocycles. The fourth-order valence-electron chi connectivity index (χ4n) is 2.29. The van der Waals surface area contributed by atoms with E-state index in [1.54, 1.807) is 16.9 Å². The van der Waals surface area contributed by atoms with Crippen molar-refractivity contribution in [1.82, 2.24) is 14.8 Å². The molecular formula is C16H15F3N4S. The second-order valence-corrected chi connectivity index (χ2v) is 6.35. The van der Waals surface area contributed by atoms with Gasteiger partial charge in [-0.2, -0.15) is 18.3 Å². The van der Waals surface area contributed by atoms with Crippen LogP contribution in [0.15, 0.2) is 36.0 Å². The topological polar surface area (TPSA) is 42.7 Å². The lowest BCUT2D eigenvalue weighted by molar-refractivity contribution is -0.138. The molecule has 1 aromatic carbocycles. The van der Waals surface area contributed by atoms with Crippen LogP contribution in [-0.4, -0.2) is 14.8 Å². The average molecular weight is 352 g/mol. The number of hydrogen-bond acceptors (Lipinski definition) is 4. The summed E-state index contributed by atoms with van der Waals surface area (Å²) >= 11 is 1.45. The fourth-order valence-corrected chi connectivity index (χ4v) is 3.04. The third-order valence-electron chi connectivity index (χ3n) is 3.54. The molecule has 24 heavy (non-hydrogen) atoms. The lowest BCUT2D eigenvalue weighted by Crippen LogP contribution is -2.08. The van der Waals surface area contributed by atoms with Gasteiger partial charge in [-0.1, -0.05) is 6.07 Å². The lowest BCUT2D eigenvalue weighted by Gasteiger charge is -2.12. The molecule has 0 saturated carbocycles. The number of thiazole rings is 1. The monoisotopic (exact) mass is 352 g/mol. The largest absolute Gasteiger partial charge is 0.416 e. The molecular weight excluding hydrogens is 337 g/mol. The molecule has 0 fully saturated rings. The number of aryl methyl sites for hydroxylation is 2. The highest BCUT2D eigenvalue weighted by Gasteiger charge is 2.32. The minimum absolute atomic E-state index is 0.209. The Morgan fingerprint density at radius 3 is 2.75 bits per heavy atom. The van der Waals surface area contributed by atoms with E-state index in [1.807, 2.05) is 18.6 Å². The first kappa shape index (κ1) is 16.5. The van der Waals surface area contributed by atoms with Gasteiger partial charge in [-0.3, -0.25) is 4.68 Å². The Bertz CT molecular complexity index is 851. The normalized spacial score (nSPS) is 11.7. The summed E-state index contributed by atoms with van der Waals surface area (Å²) in [6.45, 7) is 1.82. The number of alkyl halides is 3. The van der Waals surface area contributed by atoms with Gasteiger partial charge >= 0.3 is 6.18 Å². The van der Waals surface area contributed by atoms with Crippen molar-refractivity contribution in [1.29, 1.82) is 0 Å². The van der Waals surface area contributed by atoms with Gasteiger partial charge in [-0.05, 0) is 24.6 Å². The van der Waals surface area contributed by atoms with Gasteiger partial charge < -0.3 is 5.32 Å². The van der Waals surface area contributed by atoms with E-state index in [1.165, 1.54) is 24.3 Å². The maximum absolute atomic E-state index is 12.9. The van der Waals surface area contributed by atoms with Crippen LogP contribution in [-0.2, 0) is 19.8 Å². The molecule has 4 nitrogen and oxygen atoms in total. The van der Waals surface area contributed by atoms with E-state index in [-0.39, 0.29) is 5.56 Å². The number of halogens is 3. The van der Waals surface area contributed by atoms with E-state index >= 15 is 0 Å². The smallest absolute Gasteiger partial charge is 0.379 e. The minimum atomic E-state index is -4.35. The number of benzene rings is 1. The third-order valence-corrected chi connectivity index (χ3v) is 4.39. The van der Waals surface area contributed by atoms with Crippen LogP contribution in [0.1, 0.15) is 16.1 Å². The number of rotatable bonds is 4. The summed E-state index contributed by atoms with van der Waals surface area (Å²) in [6.07, 6.45) is -0.764. The second-order valence-electron chi connectivity index (χ2n) is 5.41. The van der Waals surface area contributed by atoms with Gasteiger partial charge in [0.25, 0.3) is 0 Å². The molecule has 0 bridgehead atoms. The number of aromatic nitrogens is 3. The molecule has 8 heteroatoms. The number of nitrogens with zero attached hydrogens (tertiary/aromatic N) is 3. The zero-order chi connectivity index (χ0) is 17.3. The van der Waals surface area contributed by atoms with Gasteiger partial charge in [0.2, 0.25) is 0 Å². The van der Waals surface area contributed by atoms with E-state index in [9.17, 15) is 13.2 Å². The van der Waals surface area contributed by atoms with Crippen LogP contribution in [0, 0.1) is 6.92 Å². The summed E-state index contributed by atoms with van der Waals surface area (Å²) in [5.74, 6) is 0. The second kappa shape index (κ2) is 6.27. The Hall–Kier alpha value is -2.35. The zero-order valence-electron chi connectivity index (χ0n) is 13.1. The van der Waals surface area contributed by atoms with Crippen LogP contribution < -0.4 is 5.32 Å². The molecule has 0 spiro atoms. The molecule has 0 saturated heterocycles. The molecule has 0 unspecified atom stereocenters. The highest BCUT2D eigenvalue weighted by molar-refractivity contribution is 7.09. The summed E-state index contributed by atoms with van der Waals surface area (Å²) in [5, 5.41) is 9.80. The predicted molar refractivity (Wildman–Crippen MR) is 87.8 cm³/mol. The van der Waals surface area contributed by atoms with E-state index in [4.69, 9.17) is 0 Å². The Morgan fingerprint density at radius 1 is 1.29 bits per heavy atom. The number of hydrogen-bond donors (Lipinski definition) is 1. The third kappa shape index (κ3) is 3.59. The van der Waals surface area contributed by atoms with Crippen molar-refractivity contribution in [2.75, 3.05) is 5.32 Å². The predicted octanol–water partition coefficient (Wildman–Crippen LogP) is 4.48. The van der Waals surface area contributed by atoms with Gasteiger partial charge in [0.05, 0.1) is 24.0 Å². The maximum Gasteiger partial charge on any atom is 0.416 e. The van der Waals surface area contributed by atoms with Crippen LogP contribution >= 0.6 is 11.3 Å². The van der Waals surface area contributed by atoms with Crippen molar-refractivity contribution in [3.63, 3.8) is 0 Å². The van der Waals surface area contributed by atoms with Gasteiger partial charge in [0.15, 0.2) is 0 Å². The SMILES string of the molecule is Cc1ccc(NCc2nc(-c3cnn(C)c3)cs2)cc1C(F)(F)F.